The molecule has 1 saturated heterocycles. The predicted molar refractivity (Wildman–Crippen MR) is 20.2 cm³/mol. The van der Waals surface area contributed by atoms with Crippen molar-refractivity contribution in [3.63, 3.8) is 0 Å². The smallest absolute Gasteiger partial charge is 0.157 e. The SMILES string of the molecule is C[C@H]1O[C@H]1Cl. The molecule has 1 nitrogen and oxygen atoms in total. The summed E-state index contributed by atoms with van der Waals surface area (Å²) in [5.41, 5.74) is 0.0231. The Bertz CT molecular complexity index is 40.2. The highest BCUT2D eigenvalue weighted by molar-refractivity contribution is 6.21. The van der Waals surface area contributed by atoms with Crippen molar-refractivity contribution < 1.29 is 4.74 Å². The summed E-state index contributed by atoms with van der Waals surface area (Å²) >= 11 is 5.31. The molecule has 0 saturated carbocycles. The zero-order valence-corrected chi connectivity index (χ0v) is 3.70. The van der Waals surface area contributed by atoms with Crippen molar-refractivity contribution >= 4 is 11.6 Å². The van der Waals surface area contributed by atoms with E-state index in [0.29, 0.717) is 6.10 Å². The molecule has 0 bridgehead atoms. The van der Waals surface area contributed by atoms with Crippen LogP contribution in [-0.2, 0) is 4.74 Å². The molecule has 30 valence electrons. The van der Waals surface area contributed by atoms with E-state index in [1.807, 2.05) is 6.92 Å². The first-order valence-corrected chi connectivity index (χ1v) is 2.04. The first-order valence-electron chi connectivity index (χ1n) is 1.60. The lowest BCUT2D eigenvalue weighted by molar-refractivity contribution is 0.411. The van der Waals surface area contributed by atoms with Crippen molar-refractivity contribution in [3.05, 3.63) is 0 Å². The van der Waals surface area contributed by atoms with E-state index in [4.69, 9.17) is 11.6 Å². The number of epoxide rings is 1. The van der Waals surface area contributed by atoms with E-state index in [2.05, 4.69) is 4.74 Å². The van der Waals surface area contributed by atoms with Crippen LogP contribution in [0.2, 0.25) is 0 Å². The maximum absolute atomic E-state index is 5.31. The van der Waals surface area contributed by atoms with Gasteiger partial charge < -0.3 is 4.74 Å². The van der Waals surface area contributed by atoms with Crippen molar-refractivity contribution in [1.82, 2.24) is 0 Å². The fourth-order valence-corrected chi connectivity index (χ4v) is 0.322. The van der Waals surface area contributed by atoms with Crippen LogP contribution in [0.25, 0.3) is 0 Å². The molecule has 1 aliphatic rings. The van der Waals surface area contributed by atoms with Crippen LogP contribution in [0.15, 0.2) is 0 Å². The van der Waals surface area contributed by atoms with Crippen molar-refractivity contribution in [2.24, 2.45) is 0 Å². The van der Waals surface area contributed by atoms with Gasteiger partial charge in [0.15, 0.2) is 5.56 Å². The summed E-state index contributed by atoms with van der Waals surface area (Å²) in [4.78, 5) is 0. The zero-order chi connectivity index (χ0) is 3.86. The Morgan fingerprint density at radius 1 is 1.80 bits per heavy atom. The molecule has 0 aromatic carbocycles. The van der Waals surface area contributed by atoms with Gasteiger partial charge in [0.1, 0.15) is 0 Å². The molecule has 0 radical (unpaired) electrons. The topological polar surface area (TPSA) is 12.5 Å². The van der Waals surface area contributed by atoms with Gasteiger partial charge in [-0.05, 0) is 6.92 Å². The van der Waals surface area contributed by atoms with Gasteiger partial charge in [-0.1, -0.05) is 11.6 Å². The average Bonchev–Trinajstić information content (AvgIpc) is 1.79. The minimum absolute atomic E-state index is 0.0231. The second-order valence-corrected chi connectivity index (χ2v) is 1.62. The van der Waals surface area contributed by atoms with Crippen LogP contribution in [0.1, 0.15) is 6.92 Å². The van der Waals surface area contributed by atoms with E-state index >= 15 is 0 Å². The van der Waals surface area contributed by atoms with Gasteiger partial charge in [-0.2, -0.15) is 0 Å². The minimum atomic E-state index is 0.0231. The van der Waals surface area contributed by atoms with E-state index in [-0.39, 0.29) is 5.56 Å². The van der Waals surface area contributed by atoms with Crippen molar-refractivity contribution in [1.29, 1.82) is 0 Å². The highest BCUT2D eigenvalue weighted by Gasteiger charge is 2.30. The van der Waals surface area contributed by atoms with Crippen LogP contribution in [0.3, 0.4) is 0 Å². The standard InChI is InChI=1S/C3H5ClO/c1-2-3(4)5-2/h2-3H,1H3/t2-,3-/m1/s1. The van der Waals surface area contributed by atoms with E-state index in [1.165, 1.54) is 0 Å². The molecule has 0 N–H and O–H groups in total. The molecule has 0 aromatic rings. The number of halogens is 1. The van der Waals surface area contributed by atoms with Gasteiger partial charge in [0.25, 0.3) is 0 Å². The minimum Gasteiger partial charge on any atom is -0.353 e. The molecule has 0 aliphatic carbocycles. The molecule has 0 aromatic heterocycles. The number of ether oxygens (including phenoxy) is 1. The van der Waals surface area contributed by atoms with Crippen LogP contribution < -0.4 is 0 Å². The summed E-state index contributed by atoms with van der Waals surface area (Å²) < 4.78 is 4.68. The molecule has 1 rings (SSSR count). The summed E-state index contributed by atoms with van der Waals surface area (Å²) in [6, 6.07) is 0. The van der Waals surface area contributed by atoms with Gasteiger partial charge in [-0.25, -0.2) is 0 Å². The van der Waals surface area contributed by atoms with Gasteiger partial charge >= 0.3 is 0 Å². The van der Waals surface area contributed by atoms with Gasteiger partial charge in [0.2, 0.25) is 0 Å². The van der Waals surface area contributed by atoms with Crippen LogP contribution in [-0.4, -0.2) is 11.7 Å². The molecule has 5 heavy (non-hydrogen) atoms. The Hall–Kier alpha value is 0.250. The van der Waals surface area contributed by atoms with E-state index < -0.39 is 0 Å². The predicted octanol–water partition coefficient (Wildman–Crippen LogP) is 0.970. The molecule has 1 aliphatic heterocycles. The van der Waals surface area contributed by atoms with Gasteiger partial charge in [-0.3, -0.25) is 0 Å². The molecule has 0 unspecified atom stereocenters. The molecular formula is C3H5ClO. The molecule has 2 atom stereocenters. The molecule has 1 fully saturated rings. The maximum Gasteiger partial charge on any atom is 0.157 e. The van der Waals surface area contributed by atoms with Gasteiger partial charge in [-0.15, -0.1) is 0 Å². The number of rotatable bonds is 0. The van der Waals surface area contributed by atoms with Gasteiger partial charge in [0, 0.05) is 0 Å². The quantitative estimate of drug-likeness (QED) is 0.320. The zero-order valence-electron chi connectivity index (χ0n) is 2.94. The van der Waals surface area contributed by atoms with E-state index in [0.717, 1.165) is 0 Å². The Morgan fingerprint density at radius 3 is 2.00 bits per heavy atom. The highest BCUT2D eigenvalue weighted by Crippen LogP contribution is 2.23. The lowest BCUT2D eigenvalue weighted by atomic mass is 10.6. The average molecular weight is 92.5 g/mol. The van der Waals surface area contributed by atoms with Crippen LogP contribution in [0.4, 0.5) is 0 Å². The monoisotopic (exact) mass is 92.0 g/mol. The number of alkyl halides is 1. The third-order valence-corrected chi connectivity index (χ3v) is 1.09. The molecular weight excluding hydrogens is 87.5 g/mol. The third-order valence-electron chi connectivity index (χ3n) is 0.637. The Labute approximate surface area is 35.9 Å². The number of hydrogen-bond acceptors (Lipinski definition) is 1. The first-order chi connectivity index (χ1) is 2.30. The maximum atomic E-state index is 5.31. The first kappa shape index (κ1) is 3.44. The summed E-state index contributed by atoms with van der Waals surface area (Å²) in [6.45, 7) is 1.94. The summed E-state index contributed by atoms with van der Waals surface area (Å²) in [7, 11) is 0. The Morgan fingerprint density at radius 2 is 2.00 bits per heavy atom. The van der Waals surface area contributed by atoms with Crippen molar-refractivity contribution in [3.8, 4) is 0 Å². The summed E-state index contributed by atoms with van der Waals surface area (Å²) in [6.07, 6.45) is 0.316. The Kier molecular flexibility index (Phi) is 0.588. The molecule has 0 spiro atoms. The third kappa shape index (κ3) is 0.551. The summed E-state index contributed by atoms with van der Waals surface area (Å²) in [5.74, 6) is 0. The fraction of sp³-hybridized carbons (Fsp3) is 1.00. The highest BCUT2D eigenvalue weighted by atomic mass is 35.5. The largest absolute Gasteiger partial charge is 0.353 e. The molecule has 1 heterocycles. The molecule has 0 amide bonds. The molecule has 2 heteroatoms. The number of hydrogen-bond donors (Lipinski definition) is 0. The Balaban J connectivity index is 2.20. The lowest BCUT2D eigenvalue weighted by Crippen LogP contribution is -1.69. The van der Waals surface area contributed by atoms with E-state index in [1.54, 1.807) is 0 Å². The van der Waals surface area contributed by atoms with Crippen molar-refractivity contribution in [2.75, 3.05) is 0 Å². The second-order valence-electron chi connectivity index (χ2n) is 1.19. The normalized spacial score (nSPS) is 49.2. The van der Waals surface area contributed by atoms with E-state index in [9.17, 15) is 0 Å². The fourth-order valence-electron chi connectivity index (χ4n) is 0.160. The van der Waals surface area contributed by atoms with Crippen LogP contribution >= 0.6 is 11.6 Å². The lowest BCUT2D eigenvalue weighted by Gasteiger charge is -1.55. The van der Waals surface area contributed by atoms with Gasteiger partial charge in [0.05, 0.1) is 6.10 Å². The van der Waals surface area contributed by atoms with Crippen molar-refractivity contribution in [2.45, 2.75) is 18.6 Å². The summed E-state index contributed by atoms with van der Waals surface area (Å²) in [5, 5.41) is 0. The van der Waals surface area contributed by atoms with Crippen LogP contribution in [0.5, 0.6) is 0 Å². The second kappa shape index (κ2) is 0.854. The van der Waals surface area contributed by atoms with Crippen LogP contribution in [0, 0.1) is 0 Å².